The van der Waals surface area contributed by atoms with Crippen LogP contribution in [0.15, 0.2) is 195 Å². The summed E-state index contributed by atoms with van der Waals surface area (Å²) in [5.41, 5.74) is 13.5. The smallest absolute Gasteiger partial charge is 0.236 e. The molecule has 2 fully saturated rings. The van der Waals surface area contributed by atoms with Gasteiger partial charge in [-0.3, -0.25) is 9.13 Å². The molecular formula is C66H73ClN12O12S2. The molecule has 10 aromatic rings. The number of fused-ring (bicyclic) bond motifs is 2. The molecule has 0 bridgehead atoms. The van der Waals surface area contributed by atoms with Crippen LogP contribution < -0.4 is 21.1 Å². The lowest BCUT2D eigenvalue weighted by Crippen LogP contribution is -2.33. The first-order valence-corrected chi connectivity index (χ1v) is 34.0. The van der Waals surface area contributed by atoms with E-state index in [0.29, 0.717) is 64.0 Å². The minimum absolute atomic E-state index is 0.0349. The van der Waals surface area contributed by atoms with Crippen LogP contribution in [0.1, 0.15) is 69.3 Å². The summed E-state index contributed by atoms with van der Waals surface area (Å²) in [6.45, 7) is 1.18. The van der Waals surface area contributed by atoms with E-state index in [9.17, 15) is 37.3 Å². The van der Waals surface area contributed by atoms with E-state index in [1.165, 1.54) is 42.6 Å². The van der Waals surface area contributed by atoms with Gasteiger partial charge in [0.1, 0.15) is 48.3 Å². The summed E-state index contributed by atoms with van der Waals surface area (Å²) < 4.78 is 74.9. The molecule has 0 unspecified atom stereocenters. The van der Waals surface area contributed by atoms with E-state index in [2.05, 4.69) is 88.8 Å². The highest BCUT2D eigenvalue weighted by molar-refractivity contribution is 8.13. The fourth-order valence-corrected chi connectivity index (χ4v) is 13.1. The molecule has 0 saturated carbocycles. The van der Waals surface area contributed by atoms with Gasteiger partial charge in [0.25, 0.3) is 0 Å². The van der Waals surface area contributed by atoms with E-state index in [0.717, 1.165) is 11.1 Å². The van der Waals surface area contributed by atoms with Gasteiger partial charge in [0, 0.05) is 49.8 Å². The number of hydrogen-bond acceptors (Lipinski definition) is 21. The molecule has 6 heterocycles. The largest absolute Gasteiger partial charge is 0.387 e. The molecule has 12 rings (SSSR count). The summed E-state index contributed by atoms with van der Waals surface area (Å²) in [6, 6.07) is 58.4. The van der Waals surface area contributed by atoms with Crippen molar-refractivity contribution in [3.05, 3.63) is 240 Å². The Balaban J connectivity index is 0.000000178. The average molecular weight is 1330 g/mol. The number of aliphatic hydroxyl groups excluding tert-OH is 4. The maximum absolute atomic E-state index is 13.0. The monoisotopic (exact) mass is 1320 g/mol. The van der Waals surface area contributed by atoms with E-state index < -0.39 is 68.2 Å². The molecule has 93 heavy (non-hydrogen) atoms. The Labute approximate surface area is 542 Å². The summed E-state index contributed by atoms with van der Waals surface area (Å²) >= 11 is 0. The van der Waals surface area contributed by atoms with Crippen LogP contribution in [0, 0.1) is 0 Å². The summed E-state index contributed by atoms with van der Waals surface area (Å²) in [7, 11) is 0.908. The Hall–Kier alpha value is -8.19. The van der Waals surface area contributed by atoms with Crippen LogP contribution >= 0.6 is 10.7 Å². The second-order valence-corrected chi connectivity index (χ2v) is 26.7. The molecule has 0 radical (unpaired) electrons. The number of nitrogens with two attached hydrogens (primary N) is 1. The Kier molecular flexibility index (Phi) is 23.0. The second kappa shape index (κ2) is 31.6. The molecule has 488 valence electrons. The fourth-order valence-electron chi connectivity index (χ4n) is 11.0. The predicted molar refractivity (Wildman–Crippen MR) is 351 cm³/mol. The summed E-state index contributed by atoms with van der Waals surface area (Å²) in [4.78, 5) is 27.6. The number of hydrogen-bond donors (Lipinski definition) is 8. The van der Waals surface area contributed by atoms with Gasteiger partial charge in [-0.05, 0) is 33.4 Å². The number of imidazole rings is 2. The Bertz CT molecular complexity index is 4140. The minimum atomic E-state index is -3.72. The Morgan fingerprint density at radius 3 is 1.24 bits per heavy atom. The number of nitrogens with one attached hydrogen (secondary N) is 3. The number of benzene rings is 6. The Morgan fingerprint density at radius 1 is 0.516 bits per heavy atom. The van der Waals surface area contributed by atoms with Crippen molar-refractivity contribution in [2.75, 3.05) is 51.2 Å². The number of methoxy groups -OCH3 is 2. The number of aromatic nitrogens is 8. The SMILES string of the molecule is COC[C@H]1O[C@@H](n2cnc3c(NCC(c4ccccc4)c4ccccc4)nc(CN)nc32)[C@H](O)[C@@H]1O.COC[C@H]1O[C@@H](n2cnc3c(NCC(c4ccccc4)c4ccccc4)nc(CNS(=O)(=O)Cc4ccccc4)nc32)[C@H](O)[C@@H]1O.O=S(=O)(Cl)Cc1ccccc1. The molecule has 0 amide bonds. The van der Waals surface area contributed by atoms with Crippen molar-refractivity contribution in [2.45, 2.75) is 85.5 Å². The molecule has 2 aliphatic heterocycles. The molecule has 24 nitrogen and oxygen atoms in total. The van der Waals surface area contributed by atoms with Gasteiger partial charge < -0.3 is 55.7 Å². The van der Waals surface area contributed by atoms with Crippen LogP contribution in [-0.4, -0.2) is 153 Å². The lowest BCUT2D eigenvalue weighted by atomic mass is 9.91. The third-order valence-electron chi connectivity index (χ3n) is 15.6. The number of sulfonamides is 1. The normalized spacial score (nSPS) is 19.7. The summed E-state index contributed by atoms with van der Waals surface area (Å²) in [5, 5.41) is 49.4. The van der Waals surface area contributed by atoms with Crippen LogP contribution in [-0.2, 0) is 62.6 Å². The minimum Gasteiger partial charge on any atom is -0.387 e. The number of nitrogens with zero attached hydrogens (tertiary/aromatic N) is 8. The van der Waals surface area contributed by atoms with Gasteiger partial charge in [0.05, 0.1) is 50.5 Å². The molecule has 8 atom stereocenters. The van der Waals surface area contributed by atoms with Gasteiger partial charge in [-0.1, -0.05) is 182 Å². The maximum Gasteiger partial charge on any atom is 0.236 e. The molecular weight excluding hydrogens is 1250 g/mol. The first-order valence-electron chi connectivity index (χ1n) is 29.8. The van der Waals surface area contributed by atoms with Crippen molar-refractivity contribution in [1.82, 2.24) is 43.8 Å². The van der Waals surface area contributed by atoms with E-state index >= 15 is 0 Å². The van der Waals surface area contributed by atoms with Crippen LogP contribution in [0.3, 0.4) is 0 Å². The van der Waals surface area contributed by atoms with Gasteiger partial charge in [0.2, 0.25) is 19.1 Å². The van der Waals surface area contributed by atoms with Crippen molar-refractivity contribution < 1.29 is 56.2 Å². The van der Waals surface area contributed by atoms with Crippen LogP contribution in [0.2, 0.25) is 0 Å². The first kappa shape index (κ1) is 67.7. The fraction of sp³-hybridized carbons (Fsp3) is 0.303. The lowest BCUT2D eigenvalue weighted by Gasteiger charge is -2.20. The number of halogens is 1. The lowest BCUT2D eigenvalue weighted by molar-refractivity contribution is -0.0580. The van der Waals surface area contributed by atoms with E-state index in [4.69, 9.17) is 40.3 Å². The zero-order valence-electron chi connectivity index (χ0n) is 50.8. The van der Waals surface area contributed by atoms with Crippen LogP contribution in [0.5, 0.6) is 0 Å². The number of aliphatic hydroxyl groups is 4. The van der Waals surface area contributed by atoms with E-state index in [1.807, 2.05) is 84.9 Å². The zero-order valence-corrected chi connectivity index (χ0v) is 53.2. The van der Waals surface area contributed by atoms with Gasteiger partial charge >= 0.3 is 0 Å². The van der Waals surface area contributed by atoms with E-state index in [-0.39, 0.29) is 55.5 Å². The molecule has 4 aromatic heterocycles. The van der Waals surface area contributed by atoms with Crippen molar-refractivity contribution in [1.29, 1.82) is 0 Å². The van der Waals surface area contributed by atoms with Gasteiger partial charge in [-0.2, -0.15) is 0 Å². The third-order valence-corrected chi connectivity index (χ3v) is 17.9. The highest BCUT2D eigenvalue weighted by Crippen LogP contribution is 2.36. The quantitative estimate of drug-likeness (QED) is 0.0299. The third kappa shape index (κ3) is 17.3. The molecule has 9 N–H and O–H groups in total. The highest BCUT2D eigenvalue weighted by atomic mass is 35.7. The van der Waals surface area contributed by atoms with Crippen molar-refractivity contribution in [3.8, 4) is 0 Å². The van der Waals surface area contributed by atoms with Crippen LogP contribution in [0.4, 0.5) is 11.6 Å². The highest BCUT2D eigenvalue weighted by Gasteiger charge is 2.46. The number of rotatable bonds is 24. The van der Waals surface area contributed by atoms with E-state index in [1.54, 1.807) is 53.1 Å². The number of anilines is 2. The predicted octanol–water partition coefficient (Wildman–Crippen LogP) is 6.51. The average Bonchev–Trinajstić information content (AvgIpc) is 1.64. The molecule has 2 aliphatic rings. The molecule has 6 aromatic carbocycles. The van der Waals surface area contributed by atoms with Crippen LogP contribution in [0.25, 0.3) is 22.3 Å². The molecule has 0 aliphatic carbocycles. The van der Waals surface area contributed by atoms with Gasteiger partial charge in [-0.25, -0.2) is 51.5 Å². The molecule has 0 spiro atoms. The first-order chi connectivity index (χ1) is 45.0. The Morgan fingerprint density at radius 2 is 0.871 bits per heavy atom. The molecule has 2 saturated heterocycles. The van der Waals surface area contributed by atoms with Gasteiger partial charge in [-0.15, -0.1) is 0 Å². The zero-order chi connectivity index (χ0) is 65.5. The summed E-state index contributed by atoms with van der Waals surface area (Å²) in [6.07, 6.45) is -5.05. The van der Waals surface area contributed by atoms with Crippen molar-refractivity contribution in [3.63, 3.8) is 0 Å². The second-order valence-electron chi connectivity index (χ2n) is 22.1. The maximum atomic E-state index is 13.0. The number of ether oxygens (including phenoxy) is 4. The standard InChI is InChI=1S/C33H36N6O6S.C26H30N6O4.C7H7ClO2S/c1-44-19-26-29(40)30(41)33(45-26)39-21-35-28-31(34-17-25(23-13-7-3-8-14-23)24-15-9-4-10-16-24)37-27(38-32(28)39)18-36-46(42,43)20-22-11-5-2-6-12-22;1-35-14-19-22(33)23(34)26(36-19)32-15-29-21-24(30-20(12-27)31-25(21)32)28-13-18(16-8-4-2-5-9-16)17-10-6-3-7-11-17;8-11(9,10)6-7-4-2-1-3-5-7/h2-16,21,25-26,29-30,33,36,40-41H,17-20H2,1H3,(H,34,37,38);2-11,15,18-19,22-23,26,33-34H,12-14,27H2,1H3,(H,28,30,31);1-5H,6H2/t26-,29-,30-,33-;19-,22-,23-,26-;/m11./s1. The molecule has 27 heteroatoms. The van der Waals surface area contributed by atoms with Crippen molar-refractivity contribution in [2.24, 2.45) is 5.73 Å². The van der Waals surface area contributed by atoms with Gasteiger partial charge in [0.15, 0.2) is 46.4 Å². The summed E-state index contributed by atoms with van der Waals surface area (Å²) in [5.74, 6) is 1.27. The topological polar surface area (TPSA) is 335 Å². The van der Waals surface area contributed by atoms with Crippen molar-refractivity contribution >= 4 is 63.7 Å².